The number of halogens is 2. The molecule has 4 heteroatoms. The Labute approximate surface area is 80.0 Å². The zero-order valence-corrected chi connectivity index (χ0v) is 7.82. The third-order valence-electron chi connectivity index (χ3n) is 1.17. The van der Waals surface area contributed by atoms with E-state index in [0.29, 0.717) is 5.02 Å². The number of hydrogen-bond donors (Lipinski definition) is 0. The summed E-state index contributed by atoms with van der Waals surface area (Å²) in [5, 5.41) is 0.629. The quantitative estimate of drug-likeness (QED) is 0.520. The molecule has 2 nitrogen and oxygen atoms in total. The van der Waals surface area contributed by atoms with Crippen molar-refractivity contribution >= 4 is 29.2 Å². The molecule has 0 aliphatic heterocycles. The van der Waals surface area contributed by atoms with Crippen molar-refractivity contribution in [1.29, 1.82) is 0 Å². The van der Waals surface area contributed by atoms with Crippen LogP contribution in [0.1, 0.15) is 6.92 Å². The molecule has 0 bridgehead atoms. The van der Waals surface area contributed by atoms with Gasteiger partial charge in [-0.2, -0.15) is 0 Å². The standard InChI is InChI=1S/C8H6Cl2O2/c1-5(11)12-7-4-2-3-6(9)8(7)10/h2-4H,1H3. The van der Waals surface area contributed by atoms with Gasteiger partial charge in [0.05, 0.1) is 5.02 Å². The normalized spacial score (nSPS) is 9.58. The molecular formula is C8H6Cl2O2. The molecule has 0 saturated heterocycles. The molecule has 0 atom stereocenters. The van der Waals surface area contributed by atoms with E-state index in [-0.39, 0.29) is 10.8 Å². The van der Waals surface area contributed by atoms with Gasteiger partial charge in [0.2, 0.25) is 0 Å². The fourth-order valence-electron chi connectivity index (χ4n) is 0.718. The first-order valence-corrected chi connectivity index (χ1v) is 3.99. The molecule has 0 aliphatic rings. The molecule has 0 heterocycles. The van der Waals surface area contributed by atoms with Crippen LogP contribution >= 0.6 is 23.2 Å². The van der Waals surface area contributed by atoms with Gasteiger partial charge in [0.15, 0.2) is 5.75 Å². The molecule has 0 radical (unpaired) electrons. The van der Waals surface area contributed by atoms with E-state index in [9.17, 15) is 4.79 Å². The first kappa shape index (κ1) is 9.36. The molecule has 0 spiro atoms. The minimum Gasteiger partial charge on any atom is -0.425 e. The van der Waals surface area contributed by atoms with E-state index < -0.39 is 5.97 Å². The van der Waals surface area contributed by atoms with E-state index in [1.165, 1.54) is 6.92 Å². The molecule has 12 heavy (non-hydrogen) atoms. The highest BCUT2D eigenvalue weighted by Gasteiger charge is 2.06. The van der Waals surface area contributed by atoms with Crippen molar-refractivity contribution in [3.05, 3.63) is 28.2 Å². The Morgan fingerprint density at radius 2 is 2.08 bits per heavy atom. The average molecular weight is 205 g/mol. The Bertz CT molecular complexity index is 310. The Hall–Kier alpha value is -0.730. The maximum Gasteiger partial charge on any atom is 0.308 e. The molecule has 0 aliphatic carbocycles. The minimum atomic E-state index is -0.417. The Morgan fingerprint density at radius 3 is 2.67 bits per heavy atom. The number of carbonyl (C=O) groups is 1. The van der Waals surface area contributed by atoms with Crippen LogP contribution in [0.4, 0.5) is 0 Å². The molecule has 0 N–H and O–H groups in total. The van der Waals surface area contributed by atoms with Crippen LogP contribution in [-0.4, -0.2) is 5.97 Å². The molecule has 1 aromatic carbocycles. The summed E-state index contributed by atoms with van der Waals surface area (Å²) in [6.45, 7) is 1.30. The van der Waals surface area contributed by atoms with Gasteiger partial charge in [0.1, 0.15) is 5.02 Å². The lowest BCUT2D eigenvalue weighted by Crippen LogP contribution is -2.01. The number of hydrogen-bond acceptors (Lipinski definition) is 2. The van der Waals surface area contributed by atoms with Gasteiger partial charge in [-0.1, -0.05) is 29.3 Å². The van der Waals surface area contributed by atoms with Gasteiger partial charge in [-0.25, -0.2) is 0 Å². The van der Waals surface area contributed by atoms with Crippen molar-refractivity contribution in [3.8, 4) is 5.75 Å². The number of carbonyl (C=O) groups excluding carboxylic acids is 1. The molecule has 0 saturated carbocycles. The first-order valence-electron chi connectivity index (χ1n) is 3.23. The van der Waals surface area contributed by atoms with Crippen LogP contribution in [-0.2, 0) is 4.79 Å². The van der Waals surface area contributed by atoms with Gasteiger partial charge in [0, 0.05) is 6.92 Å². The summed E-state index contributed by atoms with van der Waals surface area (Å²) in [6, 6.07) is 4.86. The summed E-state index contributed by atoms with van der Waals surface area (Å²) >= 11 is 11.4. The maximum atomic E-state index is 10.6. The van der Waals surface area contributed by atoms with Crippen molar-refractivity contribution in [2.24, 2.45) is 0 Å². The molecule has 0 unspecified atom stereocenters. The first-order chi connectivity index (χ1) is 5.61. The molecule has 0 amide bonds. The van der Waals surface area contributed by atoms with Gasteiger partial charge >= 0.3 is 5.97 Å². The van der Waals surface area contributed by atoms with Crippen LogP contribution in [0.2, 0.25) is 10.0 Å². The van der Waals surface area contributed by atoms with E-state index in [2.05, 4.69) is 0 Å². The maximum absolute atomic E-state index is 10.6. The fourth-order valence-corrected chi connectivity index (χ4v) is 1.05. The smallest absolute Gasteiger partial charge is 0.308 e. The van der Waals surface area contributed by atoms with Crippen molar-refractivity contribution in [1.82, 2.24) is 0 Å². The monoisotopic (exact) mass is 204 g/mol. The second-order valence-corrected chi connectivity index (χ2v) is 2.93. The second kappa shape index (κ2) is 3.78. The van der Waals surface area contributed by atoms with Gasteiger partial charge in [-0.3, -0.25) is 4.79 Å². The molecule has 0 fully saturated rings. The fraction of sp³-hybridized carbons (Fsp3) is 0.125. The highest BCUT2D eigenvalue weighted by molar-refractivity contribution is 6.43. The molecule has 1 aromatic rings. The summed E-state index contributed by atoms with van der Waals surface area (Å²) in [4.78, 5) is 10.6. The molecule has 1 rings (SSSR count). The van der Waals surface area contributed by atoms with Gasteiger partial charge in [-0.05, 0) is 12.1 Å². The van der Waals surface area contributed by atoms with Crippen LogP contribution < -0.4 is 4.74 Å². The Balaban J connectivity index is 3.00. The van der Waals surface area contributed by atoms with Crippen molar-refractivity contribution in [2.75, 3.05) is 0 Å². The van der Waals surface area contributed by atoms with E-state index in [1.54, 1.807) is 18.2 Å². The number of benzene rings is 1. The van der Waals surface area contributed by atoms with Crippen LogP contribution in [0.5, 0.6) is 5.75 Å². The third-order valence-corrected chi connectivity index (χ3v) is 1.97. The Morgan fingerprint density at radius 1 is 1.42 bits per heavy atom. The van der Waals surface area contributed by atoms with Crippen molar-refractivity contribution in [3.63, 3.8) is 0 Å². The largest absolute Gasteiger partial charge is 0.425 e. The number of esters is 1. The lowest BCUT2D eigenvalue weighted by molar-refractivity contribution is -0.131. The van der Waals surface area contributed by atoms with Crippen molar-refractivity contribution in [2.45, 2.75) is 6.92 Å². The SMILES string of the molecule is CC(=O)Oc1cccc(Cl)c1Cl. The highest BCUT2D eigenvalue weighted by Crippen LogP contribution is 2.31. The third kappa shape index (κ3) is 2.13. The zero-order chi connectivity index (χ0) is 9.14. The van der Waals surface area contributed by atoms with E-state index in [1.807, 2.05) is 0 Å². The summed E-state index contributed by atoms with van der Waals surface area (Å²) < 4.78 is 4.77. The average Bonchev–Trinajstić information content (AvgIpc) is 1.98. The van der Waals surface area contributed by atoms with Crippen LogP contribution in [0.3, 0.4) is 0 Å². The summed E-state index contributed by atoms with van der Waals surface area (Å²) in [6.07, 6.45) is 0. The van der Waals surface area contributed by atoms with Crippen LogP contribution in [0, 0.1) is 0 Å². The van der Waals surface area contributed by atoms with E-state index >= 15 is 0 Å². The second-order valence-electron chi connectivity index (χ2n) is 2.15. The summed E-state index contributed by atoms with van der Waals surface area (Å²) in [5.41, 5.74) is 0. The van der Waals surface area contributed by atoms with Gasteiger partial charge in [0.25, 0.3) is 0 Å². The zero-order valence-electron chi connectivity index (χ0n) is 6.30. The molecular weight excluding hydrogens is 199 g/mol. The minimum absolute atomic E-state index is 0.259. The van der Waals surface area contributed by atoms with Crippen LogP contribution in [0.15, 0.2) is 18.2 Å². The Kier molecular flexibility index (Phi) is 2.95. The van der Waals surface area contributed by atoms with Crippen molar-refractivity contribution < 1.29 is 9.53 Å². The predicted octanol–water partition coefficient (Wildman–Crippen LogP) is 2.92. The summed E-state index contributed by atoms with van der Waals surface area (Å²) in [7, 11) is 0. The number of rotatable bonds is 1. The molecule has 0 aromatic heterocycles. The number of ether oxygens (including phenoxy) is 1. The lowest BCUT2D eigenvalue weighted by atomic mass is 10.3. The van der Waals surface area contributed by atoms with Gasteiger partial charge in [-0.15, -0.1) is 0 Å². The summed E-state index contributed by atoms with van der Waals surface area (Å²) in [5.74, 6) is -0.129. The molecule has 64 valence electrons. The predicted molar refractivity (Wildman–Crippen MR) is 47.8 cm³/mol. The highest BCUT2D eigenvalue weighted by atomic mass is 35.5. The topological polar surface area (TPSA) is 26.3 Å². The van der Waals surface area contributed by atoms with E-state index in [4.69, 9.17) is 27.9 Å². The van der Waals surface area contributed by atoms with Gasteiger partial charge < -0.3 is 4.74 Å². The lowest BCUT2D eigenvalue weighted by Gasteiger charge is -2.03. The van der Waals surface area contributed by atoms with E-state index in [0.717, 1.165) is 0 Å². The van der Waals surface area contributed by atoms with Crippen LogP contribution in [0.25, 0.3) is 0 Å².